The Labute approximate surface area is 89.2 Å². The van der Waals surface area contributed by atoms with Crippen molar-refractivity contribution < 1.29 is 9.13 Å². The molecule has 2 atom stereocenters. The van der Waals surface area contributed by atoms with Gasteiger partial charge in [-0.3, -0.25) is 0 Å². The van der Waals surface area contributed by atoms with Crippen LogP contribution in [0.5, 0.6) is 0 Å². The van der Waals surface area contributed by atoms with E-state index in [-0.39, 0.29) is 18.0 Å². The molecule has 1 saturated carbocycles. The van der Waals surface area contributed by atoms with Crippen molar-refractivity contribution in [2.75, 3.05) is 0 Å². The number of halogens is 1. The number of hydrogen-bond donors (Lipinski definition) is 1. The van der Waals surface area contributed by atoms with Crippen LogP contribution in [-0.2, 0) is 11.3 Å². The molecule has 2 rings (SSSR count). The van der Waals surface area contributed by atoms with Crippen molar-refractivity contribution in [2.45, 2.75) is 38.0 Å². The van der Waals surface area contributed by atoms with Crippen molar-refractivity contribution in [3.05, 3.63) is 35.6 Å². The molecule has 1 aliphatic carbocycles. The standard InChI is InChI=1S/C12H16FNO/c13-10-5-2-1-4-9(10)8-15-12-7-3-6-11(12)14/h1-2,4-5,11-12H,3,6-8,14H2. The van der Waals surface area contributed by atoms with Gasteiger partial charge in [-0.15, -0.1) is 0 Å². The van der Waals surface area contributed by atoms with Gasteiger partial charge in [0.05, 0.1) is 12.7 Å². The van der Waals surface area contributed by atoms with E-state index in [1.54, 1.807) is 12.1 Å². The summed E-state index contributed by atoms with van der Waals surface area (Å²) in [6.45, 7) is 0.324. The Morgan fingerprint density at radius 1 is 1.33 bits per heavy atom. The van der Waals surface area contributed by atoms with Crippen molar-refractivity contribution in [2.24, 2.45) is 5.73 Å². The lowest BCUT2D eigenvalue weighted by molar-refractivity contribution is 0.0342. The van der Waals surface area contributed by atoms with E-state index in [0.29, 0.717) is 12.2 Å². The maximum Gasteiger partial charge on any atom is 0.128 e. The van der Waals surface area contributed by atoms with E-state index in [4.69, 9.17) is 10.5 Å². The molecule has 15 heavy (non-hydrogen) atoms. The van der Waals surface area contributed by atoms with Crippen LogP contribution in [0.1, 0.15) is 24.8 Å². The van der Waals surface area contributed by atoms with E-state index in [9.17, 15) is 4.39 Å². The fourth-order valence-electron chi connectivity index (χ4n) is 1.97. The van der Waals surface area contributed by atoms with Gasteiger partial charge in [0.15, 0.2) is 0 Å². The molecule has 1 fully saturated rings. The third-order valence-corrected chi connectivity index (χ3v) is 2.91. The zero-order chi connectivity index (χ0) is 10.7. The van der Waals surface area contributed by atoms with Gasteiger partial charge < -0.3 is 10.5 Å². The highest BCUT2D eigenvalue weighted by molar-refractivity contribution is 5.16. The highest BCUT2D eigenvalue weighted by Gasteiger charge is 2.24. The second kappa shape index (κ2) is 4.73. The van der Waals surface area contributed by atoms with Gasteiger partial charge in [0.2, 0.25) is 0 Å². The summed E-state index contributed by atoms with van der Waals surface area (Å²) >= 11 is 0. The summed E-state index contributed by atoms with van der Waals surface area (Å²) in [5.74, 6) is -0.205. The molecule has 0 aromatic heterocycles. The average molecular weight is 209 g/mol. The van der Waals surface area contributed by atoms with E-state index in [2.05, 4.69) is 0 Å². The Morgan fingerprint density at radius 2 is 2.13 bits per heavy atom. The Hall–Kier alpha value is -0.930. The molecule has 0 amide bonds. The topological polar surface area (TPSA) is 35.2 Å². The van der Waals surface area contributed by atoms with Crippen LogP contribution in [-0.4, -0.2) is 12.1 Å². The molecule has 2 N–H and O–H groups in total. The van der Waals surface area contributed by atoms with Crippen LogP contribution in [0, 0.1) is 5.82 Å². The van der Waals surface area contributed by atoms with Gasteiger partial charge in [-0.1, -0.05) is 18.2 Å². The van der Waals surface area contributed by atoms with Crippen LogP contribution in [0.2, 0.25) is 0 Å². The number of ether oxygens (including phenoxy) is 1. The first-order valence-electron chi connectivity index (χ1n) is 5.38. The SMILES string of the molecule is NC1CCCC1OCc1ccccc1F. The molecule has 2 nitrogen and oxygen atoms in total. The van der Waals surface area contributed by atoms with Crippen LogP contribution < -0.4 is 5.73 Å². The minimum atomic E-state index is -0.205. The Kier molecular flexibility index (Phi) is 3.34. The number of rotatable bonds is 3. The number of nitrogens with two attached hydrogens (primary N) is 1. The smallest absolute Gasteiger partial charge is 0.128 e. The van der Waals surface area contributed by atoms with Crippen LogP contribution in [0.3, 0.4) is 0 Å². The van der Waals surface area contributed by atoms with Crippen molar-refractivity contribution in [1.82, 2.24) is 0 Å². The second-order valence-corrected chi connectivity index (χ2v) is 4.04. The van der Waals surface area contributed by atoms with Crippen molar-refractivity contribution in [3.8, 4) is 0 Å². The Morgan fingerprint density at radius 3 is 2.80 bits per heavy atom. The average Bonchev–Trinajstić information content (AvgIpc) is 2.63. The minimum Gasteiger partial charge on any atom is -0.372 e. The molecule has 0 heterocycles. The molecular weight excluding hydrogens is 193 g/mol. The van der Waals surface area contributed by atoms with E-state index >= 15 is 0 Å². The van der Waals surface area contributed by atoms with Gasteiger partial charge in [0.25, 0.3) is 0 Å². The number of hydrogen-bond acceptors (Lipinski definition) is 2. The molecular formula is C12H16FNO. The van der Waals surface area contributed by atoms with E-state index in [1.807, 2.05) is 6.07 Å². The van der Waals surface area contributed by atoms with Gasteiger partial charge in [-0.05, 0) is 25.3 Å². The monoisotopic (exact) mass is 209 g/mol. The Bertz CT molecular complexity index is 329. The van der Waals surface area contributed by atoms with Crippen LogP contribution in [0.15, 0.2) is 24.3 Å². The van der Waals surface area contributed by atoms with Crippen molar-refractivity contribution in [3.63, 3.8) is 0 Å². The van der Waals surface area contributed by atoms with E-state index in [1.165, 1.54) is 6.07 Å². The van der Waals surface area contributed by atoms with Gasteiger partial charge >= 0.3 is 0 Å². The summed E-state index contributed by atoms with van der Waals surface area (Å²) < 4.78 is 18.9. The summed E-state index contributed by atoms with van der Waals surface area (Å²) in [6.07, 6.45) is 3.23. The Balaban J connectivity index is 1.90. The lowest BCUT2D eigenvalue weighted by atomic mass is 10.2. The lowest BCUT2D eigenvalue weighted by Crippen LogP contribution is -2.31. The lowest BCUT2D eigenvalue weighted by Gasteiger charge is -2.16. The number of benzene rings is 1. The first-order valence-corrected chi connectivity index (χ1v) is 5.38. The highest BCUT2D eigenvalue weighted by atomic mass is 19.1. The first-order chi connectivity index (χ1) is 7.27. The molecule has 1 aliphatic rings. The highest BCUT2D eigenvalue weighted by Crippen LogP contribution is 2.21. The molecule has 0 aliphatic heterocycles. The fourth-order valence-corrected chi connectivity index (χ4v) is 1.97. The molecule has 82 valence electrons. The van der Waals surface area contributed by atoms with Gasteiger partial charge in [-0.2, -0.15) is 0 Å². The van der Waals surface area contributed by atoms with E-state index in [0.717, 1.165) is 19.3 Å². The molecule has 1 aromatic carbocycles. The zero-order valence-electron chi connectivity index (χ0n) is 8.66. The van der Waals surface area contributed by atoms with Crippen molar-refractivity contribution in [1.29, 1.82) is 0 Å². The summed E-state index contributed by atoms with van der Waals surface area (Å²) in [7, 11) is 0. The molecule has 0 bridgehead atoms. The quantitative estimate of drug-likeness (QED) is 0.828. The predicted octanol–water partition coefficient (Wildman–Crippen LogP) is 2.22. The third-order valence-electron chi connectivity index (χ3n) is 2.91. The summed E-state index contributed by atoms with van der Waals surface area (Å²) in [5.41, 5.74) is 6.47. The normalized spacial score (nSPS) is 25.7. The first kappa shape index (κ1) is 10.6. The van der Waals surface area contributed by atoms with Gasteiger partial charge in [-0.25, -0.2) is 4.39 Å². The van der Waals surface area contributed by atoms with Crippen LogP contribution >= 0.6 is 0 Å². The molecule has 3 heteroatoms. The third kappa shape index (κ3) is 2.55. The molecule has 0 radical (unpaired) electrons. The van der Waals surface area contributed by atoms with Crippen LogP contribution in [0.25, 0.3) is 0 Å². The summed E-state index contributed by atoms with van der Waals surface area (Å²) in [4.78, 5) is 0. The van der Waals surface area contributed by atoms with E-state index < -0.39 is 0 Å². The molecule has 0 saturated heterocycles. The molecule has 2 unspecified atom stereocenters. The largest absolute Gasteiger partial charge is 0.372 e. The summed E-state index contributed by atoms with van der Waals surface area (Å²) in [5, 5.41) is 0. The minimum absolute atomic E-state index is 0.101. The van der Waals surface area contributed by atoms with Gasteiger partial charge in [0.1, 0.15) is 5.82 Å². The maximum absolute atomic E-state index is 13.2. The predicted molar refractivity (Wildman–Crippen MR) is 56.8 cm³/mol. The second-order valence-electron chi connectivity index (χ2n) is 4.04. The zero-order valence-corrected chi connectivity index (χ0v) is 8.66. The molecule has 1 aromatic rings. The maximum atomic E-state index is 13.2. The molecule has 0 spiro atoms. The summed E-state index contributed by atoms with van der Waals surface area (Å²) in [6, 6.07) is 6.82. The van der Waals surface area contributed by atoms with Crippen LogP contribution in [0.4, 0.5) is 4.39 Å². The van der Waals surface area contributed by atoms with Gasteiger partial charge in [0, 0.05) is 11.6 Å². The fraction of sp³-hybridized carbons (Fsp3) is 0.500. The van der Waals surface area contributed by atoms with Crippen molar-refractivity contribution >= 4 is 0 Å².